The number of alkyl halides is 3. The lowest BCUT2D eigenvalue weighted by Crippen LogP contribution is -2.17. The first-order valence-corrected chi connectivity index (χ1v) is 9.22. The van der Waals surface area contributed by atoms with Crippen LogP contribution in [0, 0.1) is 11.6 Å². The fourth-order valence-corrected chi connectivity index (χ4v) is 2.80. The van der Waals surface area contributed by atoms with Crippen LogP contribution in [0.15, 0.2) is 47.0 Å². The van der Waals surface area contributed by atoms with E-state index < -0.39 is 35.2 Å². The molecule has 3 rings (SSSR count). The van der Waals surface area contributed by atoms with Crippen molar-refractivity contribution >= 4 is 23.2 Å². The Morgan fingerprint density at radius 2 is 1.78 bits per heavy atom. The lowest BCUT2D eigenvalue weighted by molar-refractivity contribution is -0.137. The average Bonchev–Trinajstić information content (AvgIpc) is 3.15. The molecule has 0 bridgehead atoms. The second-order valence-electron chi connectivity index (χ2n) is 6.73. The maximum Gasteiger partial charge on any atom is 0.416 e. The summed E-state index contributed by atoms with van der Waals surface area (Å²) in [5.74, 6) is -2.69. The van der Waals surface area contributed by atoms with Crippen molar-refractivity contribution in [1.82, 2.24) is 4.98 Å². The number of amides is 2. The van der Waals surface area contributed by atoms with Crippen molar-refractivity contribution in [1.29, 1.82) is 0 Å². The van der Waals surface area contributed by atoms with Crippen LogP contribution in [0.4, 0.5) is 33.3 Å². The Kier molecular flexibility index (Phi) is 6.56. The molecule has 0 aliphatic heterocycles. The van der Waals surface area contributed by atoms with Gasteiger partial charge in [0.05, 0.1) is 28.7 Å². The fraction of sp³-hybridized carbons (Fsp3) is 0.190. The van der Waals surface area contributed by atoms with Crippen LogP contribution in [0.3, 0.4) is 0 Å². The SMILES string of the molecule is CC(=O)Nc1ccc(C(F)(F)F)cc1NC(=O)CCc1ncc(-c2ccc(F)cc2F)o1. The van der Waals surface area contributed by atoms with Crippen LogP contribution in [0.1, 0.15) is 24.8 Å². The smallest absolute Gasteiger partial charge is 0.416 e. The van der Waals surface area contributed by atoms with Gasteiger partial charge in [-0.05, 0) is 30.3 Å². The Bertz CT molecular complexity index is 1160. The summed E-state index contributed by atoms with van der Waals surface area (Å²) in [6.07, 6.45) is -3.69. The van der Waals surface area contributed by atoms with Crippen molar-refractivity contribution in [2.75, 3.05) is 10.6 Å². The molecule has 0 saturated carbocycles. The third kappa shape index (κ3) is 5.68. The van der Waals surface area contributed by atoms with E-state index in [2.05, 4.69) is 15.6 Å². The molecular weight excluding hydrogens is 437 g/mol. The summed E-state index contributed by atoms with van der Waals surface area (Å²) in [6, 6.07) is 5.45. The molecule has 168 valence electrons. The Morgan fingerprint density at radius 3 is 2.44 bits per heavy atom. The van der Waals surface area contributed by atoms with E-state index in [4.69, 9.17) is 4.42 Å². The molecule has 3 aromatic rings. The highest BCUT2D eigenvalue weighted by atomic mass is 19.4. The van der Waals surface area contributed by atoms with Crippen LogP contribution in [-0.2, 0) is 22.2 Å². The van der Waals surface area contributed by atoms with E-state index in [1.807, 2.05) is 0 Å². The number of benzene rings is 2. The molecular formula is C21H16F5N3O3. The molecule has 0 fully saturated rings. The molecule has 0 atom stereocenters. The lowest BCUT2D eigenvalue weighted by atomic mass is 10.1. The molecule has 0 aliphatic carbocycles. The summed E-state index contributed by atoms with van der Waals surface area (Å²) >= 11 is 0. The van der Waals surface area contributed by atoms with Crippen LogP contribution in [-0.4, -0.2) is 16.8 Å². The number of nitrogens with one attached hydrogen (secondary N) is 2. The summed E-state index contributed by atoms with van der Waals surface area (Å²) in [5, 5.41) is 4.68. The zero-order valence-corrected chi connectivity index (χ0v) is 16.5. The number of halogens is 5. The van der Waals surface area contributed by atoms with Gasteiger partial charge in [0, 0.05) is 25.8 Å². The minimum atomic E-state index is -4.64. The summed E-state index contributed by atoms with van der Waals surface area (Å²) in [6.45, 7) is 1.17. The predicted molar refractivity (Wildman–Crippen MR) is 105 cm³/mol. The lowest BCUT2D eigenvalue weighted by Gasteiger charge is -2.14. The number of aryl methyl sites for hydroxylation is 1. The van der Waals surface area contributed by atoms with E-state index in [9.17, 15) is 31.5 Å². The molecule has 6 nitrogen and oxygen atoms in total. The van der Waals surface area contributed by atoms with Gasteiger partial charge in [-0.2, -0.15) is 13.2 Å². The van der Waals surface area contributed by atoms with Crippen molar-refractivity contribution in [3.8, 4) is 11.3 Å². The Morgan fingerprint density at radius 1 is 1.03 bits per heavy atom. The second kappa shape index (κ2) is 9.16. The minimum Gasteiger partial charge on any atom is -0.441 e. The van der Waals surface area contributed by atoms with Gasteiger partial charge in [0.15, 0.2) is 11.7 Å². The first kappa shape index (κ1) is 22.9. The minimum absolute atomic E-state index is 0.00375. The number of carbonyl (C=O) groups excluding carboxylic acids is 2. The van der Waals surface area contributed by atoms with Crippen LogP contribution >= 0.6 is 0 Å². The normalized spacial score (nSPS) is 11.3. The third-order valence-electron chi connectivity index (χ3n) is 4.25. The van der Waals surface area contributed by atoms with E-state index >= 15 is 0 Å². The number of aromatic nitrogens is 1. The van der Waals surface area contributed by atoms with Crippen molar-refractivity contribution in [3.05, 3.63) is 65.7 Å². The number of nitrogens with zero attached hydrogens (tertiary/aromatic N) is 1. The van der Waals surface area contributed by atoms with Gasteiger partial charge < -0.3 is 15.1 Å². The number of carbonyl (C=O) groups is 2. The Hall–Kier alpha value is -3.76. The monoisotopic (exact) mass is 453 g/mol. The van der Waals surface area contributed by atoms with Gasteiger partial charge in [-0.1, -0.05) is 0 Å². The molecule has 0 aliphatic rings. The van der Waals surface area contributed by atoms with Crippen LogP contribution in [0.2, 0.25) is 0 Å². The summed E-state index contributed by atoms with van der Waals surface area (Å²) in [7, 11) is 0. The topological polar surface area (TPSA) is 84.2 Å². The molecule has 0 saturated heterocycles. The van der Waals surface area contributed by atoms with Gasteiger partial charge >= 0.3 is 6.18 Å². The summed E-state index contributed by atoms with van der Waals surface area (Å²) in [4.78, 5) is 27.5. The maximum atomic E-state index is 13.8. The van der Waals surface area contributed by atoms with Crippen molar-refractivity contribution in [3.63, 3.8) is 0 Å². The maximum absolute atomic E-state index is 13.8. The first-order valence-electron chi connectivity index (χ1n) is 9.22. The van der Waals surface area contributed by atoms with Gasteiger partial charge in [-0.3, -0.25) is 9.59 Å². The Labute approximate surface area is 178 Å². The van der Waals surface area contributed by atoms with Crippen LogP contribution in [0.25, 0.3) is 11.3 Å². The molecule has 0 radical (unpaired) electrons. The summed E-state index contributed by atoms with van der Waals surface area (Å²) < 4.78 is 71.2. The van der Waals surface area contributed by atoms with E-state index in [0.29, 0.717) is 12.1 Å². The van der Waals surface area contributed by atoms with Crippen molar-refractivity contribution in [2.45, 2.75) is 25.9 Å². The zero-order chi connectivity index (χ0) is 23.5. The van der Waals surface area contributed by atoms with Gasteiger partial charge in [-0.15, -0.1) is 0 Å². The fourth-order valence-electron chi connectivity index (χ4n) is 2.80. The van der Waals surface area contributed by atoms with E-state index in [-0.39, 0.29) is 41.4 Å². The van der Waals surface area contributed by atoms with Gasteiger partial charge in [0.1, 0.15) is 11.6 Å². The number of hydrogen-bond acceptors (Lipinski definition) is 4. The highest BCUT2D eigenvalue weighted by molar-refractivity contribution is 5.99. The highest BCUT2D eigenvalue weighted by Gasteiger charge is 2.31. The average molecular weight is 453 g/mol. The number of anilines is 2. The quantitative estimate of drug-likeness (QED) is 0.505. The third-order valence-corrected chi connectivity index (χ3v) is 4.25. The largest absolute Gasteiger partial charge is 0.441 e. The van der Waals surface area contributed by atoms with Crippen molar-refractivity contribution in [2.24, 2.45) is 0 Å². The summed E-state index contributed by atoms with van der Waals surface area (Å²) in [5.41, 5.74) is -1.23. The molecule has 0 spiro atoms. The van der Waals surface area contributed by atoms with Crippen LogP contribution in [0.5, 0.6) is 0 Å². The number of hydrogen-bond donors (Lipinski definition) is 2. The number of oxazole rings is 1. The molecule has 11 heteroatoms. The van der Waals surface area contributed by atoms with E-state index in [1.165, 1.54) is 19.2 Å². The predicted octanol–water partition coefficient (Wildman–Crippen LogP) is 5.17. The van der Waals surface area contributed by atoms with Gasteiger partial charge in [0.25, 0.3) is 0 Å². The molecule has 1 aromatic heterocycles. The Balaban J connectivity index is 1.70. The highest BCUT2D eigenvalue weighted by Crippen LogP contribution is 2.34. The van der Waals surface area contributed by atoms with Gasteiger partial charge in [-0.25, -0.2) is 13.8 Å². The zero-order valence-electron chi connectivity index (χ0n) is 16.5. The first-order chi connectivity index (χ1) is 15.0. The van der Waals surface area contributed by atoms with E-state index in [1.54, 1.807) is 0 Å². The van der Waals surface area contributed by atoms with Gasteiger partial charge in [0.2, 0.25) is 11.8 Å². The van der Waals surface area contributed by atoms with Crippen molar-refractivity contribution < 1.29 is 36.0 Å². The molecule has 1 heterocycles. The molecule has 2 aromatic carbocycles. The van der Waals surface area contributed by atoms with Crippen LogP contribution < -0.4 is 10.6 Å². The molecule has 2 N–H and O–H groups in total. The number of rotatable bonds is 6. The molecule has 32 heavy (non-hydrogen) atoms. The van der Waals surface area contributed by atoms with E-state index in [0.717, 1.165) is 18.2 Å². The standard InChI is InChI=1S/C21H16F5N3O3/c1-11(30)28-16-5-2-12(21(24,25)26)8-17(16)29-19(31)6-7-20-27-10-18(32-20)14-4-3-13(22)9-15(14)23/h2-5,8-10H,6-7H2,1H3,(H,28,30)(H,29,31). The molecule has 0 unspecified atom stereocenters. The molecule has 2 amide bonds. The second-order valence-corrected chi connectivity index (χ2v) is 6.73.